The second kappa shape index (κ2) is 10.7. The van der Waals surface area contributed by atoms with Crippen LogP contribution in [0.15, 0.2) is 40.9 Å². The SMILES string of the molecule is COc1ccc(F)cc1CN1CCN(C(=O)CCNC(=O)c2cc(F)ccc2Br)CC1. The van der Waals surface area contributed by atoms with Gasteiger partial charge < -0.3 is 15.0 Å². The molecule has 1 fully saturated rings. The molecule has 0 aliphatic carbocycles. The van der Waals surface area contributed by atoms with E-state index < -0.39 is 11.7 Å². The zero-order valence-electron chi connectivity index (χ0n) is 17.2. The van der Waals surface area contributed by atoms with Gasteiger partial charge in [0.1, 0.15) is 17.4 Å². The van der Waals surface area contributed by atoms with Gasteiger partial charge in [0.2, 0.25) is 5.91 Å². The third-order valence-electron chi connectivity index (χ3n) is 5.16. The number of amides is 2. The summed E-state index contributed by atoms with van der Waals surface area (Å²) in [7, 11) is 1.55. The van der Waals surface area contributed by atoms with Crippen LogP contribution in [-0.4, -0.2) is 61.4 Å². The van der Waals surface area contributed by atoms with Crippen molar-refractivity contribution in [2.75, 3.05) is 39.8 Å². The summed E-state index contributed by atoms with van der Waals surface area (Å²) in [6.07, 6.45) is 0.163. The molecule has 0 atom stereocenters. The fourth-order valence-electron chi connectivity index (χ4n) is 3.47. The van der Waals surface area contributed by atoms with Crippen LogP contribution in [0, 0.1) is 11.6 Å². The molecule has 0 spiro atoms. The molecule has 1 aliphatic heterocycles. The molecule has 1 saturated heterocycles. The average Bonchev–Trinajstić information content (AvgIpc) is 2.76. The quantitative estimate of drug-likeness (QED) is 0.640. The third-order valence-corrected chi connectivity index (χ3v) is 5.85. The Morgan fingerprint density at radius 1 is 1.06 bits per heavy atom. The van der Waals surface area contributed by atoms with E-state index in [-0.39, 0.29) is 30.3 Å². The summed E-state index contributed by atoms with van der Waals surface area (Å²) in [5, 5.41) is 2.65. The molecular weight excluding hydrogens is 472 g/mol. The number of nitrogens with one attached hydrogen (secondary N) is 1. The maximum atomic E-state index is 13.6. The summed E-state index contributed by atoms with van der Waals surface area (Å²) in [6.45, 7) is 3.14. The smallest absolute Gasteiger partial charge is 0.252 e. The monoisotopic (exact) mass is 495 g/mol. The second-order valence-corrected chi connectivity index (χ2v) is 8.10. The highest BCUT2D eigenvalue weighted by Crippen LogP contribution is 2.22. The first-order valence-electron chi connectivity index (χ1n) is 9.93. The molecule has 2 amide bonds. The van der Waals surface area contributed by atoms with Crippen LogP contribution >= 0.6 is 15.9 Å². The van der Waals surface area contributed by atoms with Crippen molar-refractivity contribution in [3.05, 3.63) is 63.6 Å². The number of methoxy groups -OCH3 is 1. The molecule has 2 aromatic carbocycles. The molecule has 2 aromatic rings. The standard InChI is InChI=1S/C22H24BrF2N3O3/c1-31-20-5-3-16(24)12-15(20)14-27-8-10-28(11-9-27)21(29)6-7-26-22(30)18-13-17(25)2-4-19(18)23/h2-5,12-13H,6-11,14H2,1H3,(H,26,30). The lowest BCUT2D eigenvalue weighted by molar-refractivity contribution is -0.132. The first-order chi connectivity index (χ1) is 14.9. The number of hydrogen-bond donors (Lipinski definition) is 1. The summed E-state index contributed by atoms with van der Waals surface area (Å²) in [6, 6.07) is 8.32. The lowest BCUT2D eigenvalue weighted by Gasteiger charge is -2.35. The molecule has 166 valence electrons. The molecule has 0 unspecified atom stereocenters. The fourth-order valence-corrected chi connectivity index (χ4v) is 3.90. The first-order valence-corrected chi connectivity index (χ1v) is 10.7. The second-order valence-electron chi connectivity index (χ2n) is 7.24. The number of ether oxygens (including phenoxy) is 1. The van der Waals surface area contributed by atoms with E-state index in [2.05, 4.69) is 26.1 Å². The van der Waals surface area contributed by atoms with Crippen molar-refractivity contribution in [2.45, 2.75) is 13.0 Å². The number of hydrogen-bond acceptors (Lipinski definition) is 4. The number of halogens is 3. The normalized spacial score (nSPS) is 14.4. The largest absolute Gasteiger partial charge is 0.496 e. The van der Waals surface area contributed by atoms with Gasteiger partial charge in [0, 0.05) is 55.7 Å². The molecule has 1 heterocycles. The van der Waals surface area contributed by atoms with Crippen molar-refractivity contribution in [2.24, 2.45) is 0 Å². The van der Waals surface area contributed by atoms with Crippen LogP contribution in [-0.2, 0) is 11.3 Å². The Balaban J connectivity index is 1.44. The molecular formula is C22H24BrF2N3O3. The molecule has 3 rings (SSSR count). The number of piperazine rings is 1. The lowest BCUT2D eigenvalue weighted by Crippen LogP contribution is -2.48. The molecule has 0 radical (unpaired) electrons. The topological polar surface area (TPSA) is 61.9 Å². The Morgan fingerprint density at radius 2 is 1.74 bits per heavy atom. The maximum absolute atomic E-state index is 13.6. The van der Waals surface area contributed by atoms with Gasteiger partial charge in [-0.05, 0) is 52.3 Å². The van der Waals surface area contributed by atoms with Crippen molar-refractivity contribution in [1.82, 2.24) is 15.1 Å². The van der Waals surface area contributed by atoms with Crippen LogP contribution in [0.5, 0.6) is 5.75 Å². The van der Waals surface area contributed by atoms with E-state index in [0.29, 0.717) is 42.9 Å². The van der Waals surface area contributed by atoms with Gasteiger partial charge in [-0.1, -0.05) is 0 Å². The zero-order valence-corrected chi connectivity index (χ0v) is 18.8. The van der Waals surface area contributed by atoms with Gasteiger partial charge in [-0.25, -0.2) is 8.78 Å². The third kappa shape index (κ3) is 6.24. The van der Waals surface area contributed by atoms with E-state index in [0.717, 1.165) is 11.6 Å². The van der Waals surface area contributed by atoms with Crippen molar-refractivity contribution in [3.8, 4) is 5.75 Å². The van der Waals surface area contributed by atoms with Crippen molar-refractivity contribution < 1.29 is 23.1 Å². The fraction of sp³-hybridized carbons (Fsp3) is 0.364. The summed E-state index contributed by atoms with van der Waals surface area (Å²) in [5.74, 6) is -0.662. The molecule has 6 nitrogen and oxygen atoms in total. The van der Waals surface area contributed by atoms with Gasteiger partial charge in [-0.3, -0.25) is 14.5 Å². The predicted octanol–water partition coefficient (Wildman–Crippen LogP) is 3.20. The molecule has 0 saturated carbocycles. The highest BCUT2D eigenvalue weighted by atomic mass is 79.9. The van der Waals surface area contributed by atoms with Crippen LogP contribution in [0.1, 0.15) is 22.3 Å². The number of rotatable bonds is 7. The van der Waals surface area contributed by atoms with Gasteiger partial charge in [-0.2, -0.15) is 0 Å². The van der Waals surface area contributed by atoms with Crippen LogP contribution < -0.4 is 10.1 Å². The molecule has 31 heavy (non-hydrogen) atoms. The van der Waals surface area contributed by atoms with Crippen molar-refractivity contribution >= 4 is 27.7 Å². The molecule has 0 bridgehead atoms. The summed E-state index contributed by atoms with van der Waals surface area (Å²) < 4.78 is 32.7. The maximum Gasteiger partial charge on any atom is 0.252 e. The predicted molar refractivity (Wildman–Crippen MR) is 116 cm³/mol. The summed E-state index contributed by atoms with van der Waals surface area (Å²) >= 11 is 3.22. The molecule has 1 aliphatic rings. The minimum Gasteiger partial charge on any atom is -0.496 e. The number of nitrogens with zero attached hydrogens (tertiary/aromatic N) is 2. The van der Waals surface area contributed by atoms with Crippen LogP contribution in [0.4, 0.5) is 8.78 Å². The Hall–Kier alpha value is -2.52. The van der Waals surface area contributed by atoms with Crippen molar-refractivity contribution in [1.29, 1.82) is 0 Å². The van der Waals surface area contributed by atoms with Gasteiger partial charge in [0.05, 0.1) is 12.7 Å². The van der Waals surface area contributed by atoms with Crippen LogP contribution in [0.25, 0.3) is 0 Å². The lowest BCUT2D eigenvalue weighted by atomic mass is 10.1. The Bertz CT molecular complexity index is 950. The number of carbonyl (C=O) groups excluding carboxylic acids is 2. The van der Waals surface area contributed by atoms with Crippen LogP contribution in [0.3, 0.4) is 0 Å². The highest BCUT2D eigenvalue weighted by molar-refractivity contribution is 9.10. The van der Waals surface area contributed by atoms with Crippen LogP contribution in [0.2, 0.25) is 0 Å². The van der Waals surface area contributed by atoms with Gasteiger partial charge >= 0.3 is 0 Å². The van der Waals surface area contributed by atoms with E-state index in [1.165, 1.54) is 24.3 Å². The number of carbonyl (C=O) groups is 2. The summed E-state index contributed by atoms with van der Waals surface area (Å²) in [4.78, 5) is 28.6. The minimum absolute atomic E-state index is 0.0541. The van der Waals surface area contributed by atoms with E-state index in [4.69, 9.17) is 4.74 Å². The summed E-state index contributed by atoms with van der Waals surface area (Å²) in [5.41, 5.74) is 0.960. The van der Waals surface area contributed by atoms with Gasteiger partial charge in [-0.15, -0.1) is 0 Å². The number of benzene rings is 2. The molecule has 1 N–H and O–H groups in total. The van der Waals surface area contributed by atoms with Gasteiger partial charge in [0.15, 0.2) is 0 Å². The Labute approximate surface area is 188 Å². The van der Waals surface area contributed by atoms with Gasteiger partial charge in [0.25, 0.3) is 5.91 Å². The molecule has 0 aromatic heterocycles. The van der Waals surface area contributed by atoms with Crippen molar-refractivity contribution in [3.63, 3.8) is 0 Å². The first kappa shape index (κ1) is 23.1. The van der Waals surface area contributed by atoms with E-state index in [9.17, 15) is 18.4 Å². The van der Waals surface area contributed by atoms with E-state index in [1.807, 2.05) is 0 Å². The zero-order chi connectivity index (χ0) is 22.4. The minimum atomic E-state index is -0.502. The van der Waals surface area contributed by atoms with E-state index in [1.54, 1.807) is 18.1 Å². The molecule has 9 heteroatoms. The highest BCUT2D eigenvalue weighted by Gasteiger charge is 2.22. The Kier molecular flexibility index (Phi) is 7.97. The average molecular weight is 496 g/mol. The Morgan fingerprint density at radius 3 is 2.45 bits per heavy atom. The van der Waals surface area contributed by atoms with E-state index >= 15 is 0 Å².